The van der Waals surface area contributed by atoms with Crippen LogP contribution in [0.3, 0.4) is 0 Å². The van der Waals surface area contributed by atoms with Gasteiger partial charge in [0.15, 0.2) is 0 Å². The Morgan fingerprint density at radius 3 is 2.57 bits per heavy atom. The molecule has 120 valence electrons. The Balaban J connectivity index is 1.79. The Morgan fingerprint density at radius 2 is 2.00 bits per heavy atom. The summed E-state index contributed by atoms with van der Waals surface area (Å²) in [6.45, 7) is 9.71. The second-order valence-corrected chi connectivity index (χ2v) is 7.48. The van der Waals surface area contributed by atoms with Crippen molar-refractivity contribution in [2.45, 2.75) is 52.6 Å². The van der Waals surface area contributed by atoms with Crippen LogP contribution >= 0.6 is 0 Å². The van der Waals surface area contributed by atoms with Crippen molar-refractivity contribution >= 4 is 12.0 Å². The van der Waals surface area contributed by atoms with E-state index in [4.69, 9.17) is 4.74 Å². The van der Waals surface area contributed by atoms with Crippen molar-refractivity contribution in [2.75, 3.05) is 19.6 Å². The lowest BCUT2D eigenvalue weighted by Gasteiger charge is -2.33. The lowest BCUT2D eigenvalue weighted by molar-refractivity contribution is -0.126. The molecule has 1 heterocycles. The van der Waals surface area contributed by atoms with E-state index in [2.05, 4.69) is 12.2 Å². The first-order valence-electron chi connectivity index (χ1n) is 8.02. The van der Waals surface area contributed by atoms with Crippen molar-refractivity contribution in [3.63, 3.8) is 0 Å². The molecule has 0 bridgehead atoms. The lowest BCUT2D eigenvalue weighted by Crippen LogP contribution is -2.47. The van der Waals surface area contributed by atoms with Gasteiger partial charge in [-0.3, -0.25) is 4.79 Å². The van der Waals surface area contributed by atoms with E-state index >= 15 is 0 Å². The number of likely N-dealkylation sites (tertiary alicyclic amines) is 1. The molecule has 1 aliphatic heterocycles. The van der Waals surface area contributed by atoms with Crippen LogP contribution in [0.2, 0.25) is 0 Å². The Morgan fingerprint density at radius 1 is 1.33 bits per heavy atom. The number of ether oxygens (including phenoxy) is 1. The van der Waals surface area contributed by atoms with Gasteiger partial charge in [0.05, 0.1) is 5.92 Å². The predicted molar refractivity (Wildman–Crippen MR) is 80.8 cm³/mol. The summed E-state index contributed by atoms with van der Waals surface area (Å²) in [4.78, 5) is 25.9. The summed E-state index contributed by atoms with van der Waals surface area (Å²) < 4.78 is 5.38. The molecule has 1 saturated heterocycles. The zero-order valence-corrected chi connectivity index (χ0v) is 13.6. The van der Waals surface area contributed by atoms with Gasteiger partial charge in [-0.15, -0.1) is 0 Å². The fourth-order valence-corrected chi connectivity index (χ4v) is 2.74. The molecule has 21 heavy (non-hydrogen) atoms. The predicted octanol–water partition coefficient (Wildman–Crippen LogP) is 2.41. The highest BCUT2D eigenvalue weighted by Crippen LogP contribution is 2.36. The molecule has 2 amide bonds. The largest absolute Gasteiger partial charge is 0.444 e. The Labute approximate surface area is 127 Å². The van der Waals surface area contributed by atoms with Crippen LogP contribution in [0.4, 0.5) is 4.79 Å². The van der Waals surface area contributed by atoms with Crippen molar-refractivity contribution < 1.29 is 14.3 Å². The minimum absolute atomic E-state index is 0.0855. The molecule has 5 heteroatoms. The number of piperidine rings is 1. The molecule has 2 fully saturated rings. The summed E-state index contributed by atoms with van der Waals surface area (Å²) in [5.41, 5.74) is -0.492. The number of carbonyl (C=O) groups is 2. The highest BCUT2D eigenvalue weighted by molar-refractivity contribution is 5.80. The van der Waals surface area contributed by atoms with Crippen LogP contribution in [-0.2, 0) is 9.53 Å². The molecular weight excluding hydrogens is 268 g/mol. The molecule has 0 aromatic carbocycles. The zero-order valence-electron chi connectivity index (χ0n) is 13.6. The van der Waals surface area contributed by atoms with Gasteiger partial charge in [0.25, 0.3) is 0 Å². The fourth-order valence-electron chi connectivity index (χ4n) is 2.74. The Bertz CT molecular complexity index is 403. The van der Waals surface area contributed by atoms with Crippen molar-refractivity contribution in [1.29, 1.82) is 0 Å². The van der Waals surface area contributed by atoms with Crippen LogP contribution in [0.25, 0.3) is 0 Å². The van der Waals surface area contributed by atoms with E-state index in [1.807, 2.05) is 20.8 Å². The maximum atomic E-state index is 12.2. The molecule has 0 radical (unpaired) electrons. The molecule has 5 nitrogen and oxygen atoms in total. The quantitative estimate of drug-likeness (QED) is 0.870. The van der Waals surface area contributed by atoms with Crippen molar-refractivity contribution in [3.05, 3.63) is 0 Å². The first kappa shape index (κ1) is 16.1. The van der Waals surface area contributed by atoms with E-state index < -0.39 is 5.60 Å². The fraction of sp³-hybridized carbons (Fsp3) is 0.875. The van der Waals surface area contributed by atoms with Gasteiger partial charge in [0, 0.05) is 19.6 Å². The van der Waals surface area contributed by atoms with Crippen LogP contribution in [0.15, 0.2) is 0 Å². The number of nitrogens with one attached hydrogen (secondary N) is 1. The second kappa shape index (κ2) is 6.24. The molecule has 2 aliphatic rings. The SMILES string of the molecule is CC1CC1CNC(=O)C1CCCN(C(=O)OC(C)(C)C)C1. The topological polar surface area (TPSA) is 58.6 Å². The highest BCUT2D eigenvalue weighted by atomic mass is 16.6. The van der Waals surface area contributed by atoms with Crippen LogP contribution in [0.1, 0.15) is 47.0 Å². The lowest BCUT2D eigenvalue weighted by atomic mass is 9.97. The maximum Gasteiger partial charge on any atom is 0.410 e. The van der Waals surface area contributed by atoms with Crippen LogP contribution in [0, 0.1) is 17.8 Å². The molecule has 3 atom stereocenters. The number of hydrogen-bond acceptors (Lipinski definition) is 3. The monoisotopic (exact) mass is 296 g/mol. The summed E-state index contributed by atoms with van der Waals surface area (Å²) in [5.74, 6) is 1.39. The summed E-state index contributed by atoms with van der Waals surface area (Å²) in [6.07, 6.45) is 2.62. The van der Waals surface area contributed by atoms with Crippen LogP contribution in [0.5, 0.6) is 0 Å². The van der Waals surface area contributed by atoms with Crippen molar-refractivity contribution in [1.82, 2.24) is 10.2 Å². The molecule has 0 aromatic heterocycles. The van der Waals surface area contributed by atoms with Gasteiger partial charge in [0.1, 0.15) is 5.60 Å². The number of nitrogens with zero attached hydrogens (tertiary/aromatic N) is 1. The van der Waals surface area contributed by atoms with E-state index in [0.717, 1.165) is 25.3 Å². The summed E-state index contributed by atoms with van der Waals surface area (Å²) in [7, 11) is 0. The molecule has 3 unspecified atom stereocenters. The van der Waals surface area contributed by atoms with E-state index in [9.17, 15) is 9.59 Å². The highest BCUT2D eigenvalue weighted by Gasteiger charge is 2.34. The van der Waals surface area contributed by atoms with Gasteiger partial charge in [-0.2, -0.15) is 0 Å². The van der Waals surface area contributed by atoms with E-state index in [1.165, 1.54) is 6.42 Å². The van der Waals surface area contributed by atoms with Crippen LogP contribution in [-0.4, -0.2) is 42.1 Å². The Hall–Kier alpha value is -1.26. The first-order chi connectivity index (χ1) is 9.76. The van der Waals surface area contributed by atoms with Gasteiger partial charge in [-0.1, -0.05) is 6.92 Å². The van der Waals surface area contributed by atoms with Gasteiger partial charge in [-0.25, -0.2) is 4.79 Å². The number of amides is 2. The molecule has 2 rings (SSSR count). The molecule has 1 saturated carbocycles. The summed E-state index contributed by atoms with van der Waals surface area (Å²) in [6, 6.07) is 0. The molecule has 0 aromatic rings. The van der Waals surface area contributed by atoms with Gasteiger partial charge < -0.3 is 15.0 Å². The van der Waals surface area contributed by atoms with E-state index in [1.54, 1.807) is 4.90 Å². The minimum Gasteiger partial charge on any atom is -0.444 e. The average Bonchev–Trinajstić information content (AvgIpc) is 3.10. The first-order valence-corrected chi connectivity index (χ1v) is 8.02. The zero-order chi connectivity index (χ0) is 15.6. The summed E-state index contributed by atoms with van der Waals surface area (Å²) in [5, 5.41) is 3.03. The number of carbonyl (C=O) groups excluding carboxylic acids is 2. The normalized spacial score (nSPS) is 29.0. The van der Waals surface area contributed by atoms with Gasteiger partial charge in [0.2, 0.25) is 5.91 Å². The maximum absolute atomic E-state index is 12.2. The smallest absolute Gasteiger partial charge is 0.410 e. The number of rotatable bonds is 3. The standard InChI is InChI=1S/C16H28N2O3/c1-11-8-13(11)9-17-14(19)12-6-5-7-18(10-12)15(20)21-16(2,3)4/h11-13H,5-10H2,1-4H3,(H,17,19). The summed E-state index contributed by atoms with van der Waals surface area (Å²) >= 11 is 0. The molecular formula is C16H28N2O3. The van der Waals surface area contributed by atoms with Crippen molar-refractivity contribution in [3.8, 4) is 0 Å². The third-order valence-electron chi connectivity index (χ3n) is 4.26. The number of hydrogen-bond donors (Lipinski definition) is 1. The van der Waals surface area contributed by atoms with Crippen LogP contribution < -0.4 is 5.32 Å². The Kier molecular flexibility index (Phi) is 4.79. The van der Waals surface area contributed by atoms with Gasteiger partial charge in [-0.05, 0) is 51.9 Å². The van der Waals surface area contributed by atoms with Crippen molar-refractivity contribution in [2.24, 2.45) is 17.8 Å². The molecule has 1 aliphatic carbocycles. The second-order valence-electron chi connectivity index (χ2n) is 7.48. The van der Waals surface area contributed by atoms with E-state index in [-0.39, 0.29) is 17.9 Å². The minimum atomic E-state index is -0.492. The van der Waals surface area contributed by atoms with E-state index in [0.29, 0.717) is 19.0 Å². The van der Waals surface area contributed by atoms with Gasteiger partial charge >= 0.3 is 6.09 Å². The third-order valence-corrected chi connectivity index (χ3v) is 4.26. The average molecular weight is 296 g/mol. The molecule has 1 N–H and O–H groups in total. The third kappa shape index (κ3) is 4.90. The molecule has 0 spiro atoms.